The lowest BCUT2D eigenvalue weighted by Gasteiger charge is -2.29. The zero-order chi connectivity index (χ0) is 11.2. The fourth-order valence-electron chi connectivity index (χ4n) is 0.981. The van der Waals surface area contributed by atoms with Gasteiger partial charge >= 0.3 is 0 Å². The van der Waals surface area contributed by atoms with Crippen molar-refractivity contribution in [1.29, 1.82) is 0 Å². The van der Waals surface area contributed by atoms with Gasteiger partial charge in [0, 0.05) is 13.1 Å². The normalized spacial score (nSPS) is 12.9. The van der Waals surface area contributed by atoms with E-state index in [2.05, 4.69) is 46.9 Å². The maximum atomic E-state index is 5.45. The van der Waals surface area contributed by atoms with Crippen LogP contribution < -0.4 is 5.32 Å². The van der Waals surface area contributed by atoms with E-state index in [9.17, 15) is 0 Å². The van der Waals surface area contributed by atoms with Gasteiger partial charge in [-0.2, -0.15) is 0 Å². The molecule has 0 amide bonds. The smallest absolute Gasteiger partial charge is 0.0594 e. The molecule has 0 bridgehead atoms. The molecule has 86 valence electrons. The molecule has 0 fully saturated rings. The molecule has 0 rings (SSSR count). The zero-order valence-corrected chi connectivity index (χ0v) is 10.7. The van der Waals surface area contributed by atoms with Crippen molar-refractivity contribution in [2.24, 2.45) is 11.3 Å². The molecule has 0 radical (unpaired) electrons. The molecule has 1 N–H and O–H groups in total. The highest BCUT2D eigenvalue weighted by Gasteiger charge is 2.21. The van der Waals surface area contributed by atoms with Crippen LogP contribution >= 0.6 is 0 Å². The van der Waals surface area contributed by atoms with E-state index in [1.165, 1.54) is 0 Å². The summed E-state index contributed by atoms with van der Waals surface area (Å²) in [6, 6.07) is 0. The van der Waals surface area contributed by atoms with Crippen molar-refractivity contribution >= 4 is 0 Å². The van der Waals surface area contributed by atoms with Crippen LogP contribution in [0.15, 0.2) is 0 Å². The molecule has 0 saturated carbocycles. The SMILES string of the molecule is CC(C)OCCNCC(C)(C)C(C)C. The summed E-state index contributed by atoms with van der Waals surface area (Å²) in [4.78, 5) is 0. The molecule has 2 heteroatoms. The minimum absolute atomic E-state index is 0.343. The van der Waals surface area contributed by atoms with Gasteiger partial charge in [-0.1, -0.05) is 27.7 Å². The van der Waals surface area contributed by atoms with Crippen molar-refractivity contribution < 1.29 is 4.74 Å². The van der Waals surface area contributed by atoms with Gasteiger partial charge in [0.05, 0.1) is 12.7 Å². The second kappa shape index (κ2) is 6.41. The molecule has 0 aliphatic rings. The third-order valence-electron chi connectivity index (χ3n) is 2.87. The van der Waals surface area contributed by atoms with E-state index in [4.69, 9.17) is 4.74 Å². The van der Waals surface area contributed by atoms with Crippen molar-refractivity contribution in [3.63, 3.8) is 0 Å². The third-order valence-corrected chi connectivity index (χ3v) is 2.87. The fourth-order valence-corrected chi connectivity index (χ4v) is 0.981. The molecule has 0 heterocycles. The maximum absolute atomic E-state index is 5.45. The Morgan fingerprint density at radius 3 is 2.14 bits per heavy atom. The summed E-state index contributed by atoms with van der Waals surface area (Å²) in [6.07, 6.45) is 0.343. The Balaban J connectivity index is 3.45. The van der Waals surface area contributed by atoms with Crippen LogP contribution in [0.25, 0.3) is 0 Å². The lowest BCUT2D eigenvalue weighted by Crippen LogP contribution is -2.35. The Hall–Kier alpha value is -0.0800. The molecule has 0 aromatic carbocycles. The van der Waals surface area contributed by atoms with E-state index < -0.39 is 0 Å². The quantitative estimate of drug-likeness (QED) is 0.639. The average molecular weight is 201 g/mol. The largest absolute Gasteiger partial charge is 0.377 e. The van der Waals surface area contributed by atoms with Gasteiger partial charge in [-0.25, -0.2) is 0 Å². The lowest BCUT2D eigenvalue weighted by molar-refractivity contribution is 0.0785. The van der Waals surface area contributed by atoms with Crippen LogP contribution in [-0.4, -0.2) is 25.8 Å². The lowest BCUT2D eigenvalue weighted by atomic mass is 9.81. The molecule has 0 aromatic rings. The summed E-state index contributed by atoms with van der Waals surface area (Å²) in [5.74, 6) is 0.709. The number of ether oxygens (including phenoxy) is 1. The molecule has 0 unspecified atom stereocenters. The Kier molecular flexibility index (Phi) is 6.38. The van der Waals surface area contributed by atoms with Crippen LogP contribution in [0.4, 0.5) is 0 Å². The Morgan fingerprint density at radius 2 is 1.71 bits per heavy atom. The van der Waals surface area contributed by atoms with Crippen LogP contribution in [0.2, 0.25) is 0 Å². The summed E-state index contributed by atoms with van der Waals surface area (Å²) in [5, 5.41) is 3.44. The first kappa shape index (κ1) is 13.9. The van der Waals surface area contributed by atoms with Crippen molar-refractivity contribution in [1.82, 2.24) is 5.32 Å². The van der Waals surface area contributed by atoms with Crippen molar-refractivity contribution in [3.05, 3.63) is 0 Å². The summed E-state index contributed by atoms with van der Waals surface area (Å²) in [7, 11) is 0. The third kappa shape index (κ3) is 6.39. The second-order valence-corrected chi connectivity index (χ2v) is 5.24. The molecule has 14 heavy (non-hydrogen) atoms. The van der Waals surface area contributed by atoms with Gasteiger partial charge in [-0.15, -0.1) is 0 Å². The summed E-state index contributed by atoms with van der Waals surface area (Å²) >= 11 is 0. The Bertz CT molecular complexity index is 141. The topological polar surface area (TPSA) is 21.3 Å². The second-order valence-electron chi connectivity index (χ2n) is 5.24. The van der Waals surface area contributed by atoms with Crippen LogP contribution in [0.3, 0.4) is 0 Å². The van der Waals surface area contributed by atoms with Gasteiger partial charge in [0.2, 0.25) is 0 Å². The molecule has 0 atom stereocenters. The van der Waals surface area contributed by atoms with E-state index in [0.29, 0.717) is 17.4 Å². The van der Waals surface area contributed by atoms with Gasteiger partial charge in [-0.3, -0.25) is 0 Å². The van der Waals surface area contributed by atoms with E-state index in [1.807, 2.05) is 0 Å². The summed E-state index contributed by atoms with van der Waals surface area (Å²) < 4.78 is 5.45. The van der Waals surface area contributed by atoms with Gasteiger partial charge in [0.25, 0.3) is 0 Å². The first-order valence-corrected chi connectivity index (χ1v) is 5.68. The highest BCUT2D eigenvalue weighted by atomic mass is 16.5. The summed E-state index contributed by atoms with van der Waals surface area (Å²) in [6.45, 7) is 16.1. The molecular weight excluding hydrogens is 174 g/mol. The maximum Gasteiger partial charge on any atom is 0.0594 e. The van der Waals surface area contributed by atoms with Crippen molar-refractivity contribution in [3.8, 4) is 0 Å². The monoisotopic (exact) mass is 201 g/mol. The predicted molar refractivity (Wildman–Crippen MR) is 62.6 cm³/mol. The van der Waals surface area contributed by atoms with Crippen molar-refractivity contribution in [2.75, 3.05) is 19.7 Å². The van der Waals surface area contributed by atoms with E-state index >= 15 is 0 Å². The molecular formula is C12H27NO. The average Bonchev–Trinajstić information content (AvgIpc) is 2.02. The molecule has 0 aliphatic heterocycles. The molecule has 0 spiro atoms. The van der Waals surface area contributed by atoms with Crippen LogP contribution in [0.5, 0.6) is 0 Å². The first-order chi connectivity index (χ1) is 6.36. The first-order valence-electron chi connectivity index (χ1n) is 5.68. The van der Waals surface area contributed by atoms with Gasteiger partial charge in [0.15, 0.2) is 0 Å². The van der Waals surface area contributed by atoms with Crippen molar-refractivity contribution in [2.45, 2.75) is 47.6 Å². The number of hydrogen-bond acceptors (Lipinski definition) is 2. The predicted octanol–water partition coefficient (Wildman–Crippen LogP) is 2.68. The molecule has 2 nitrogen and oxygen atoms in total. The number of nitrogens with one attached hydrogen (secondary N) is 1. The highest BCUT2D eigenvalue weighted by Crippen LogP contribution is 2.24. The number of hydrogen-bond donors (Lipinski definition) is 1. The molecule has 0 aliphatic carbocycles. The van der Waals surface area contributed by atoms with E-state index in [1.54, 1.807) is 0 Å². The van der Waals surface area contributed by atoms with E-state index in [0.717, 1.165) is 19.7 Å². The van der Waals surface area contributed by atoms with Crippen LogP contribution in [0.1, 0.15) is 41.5 Å². The standard InChI is InChI=1S/C12H27NO/c1-10(2)12(5,6)9-13-7-8-14-11(3)4/h10-11,13H,7-9H2,1-6H3. The minimum atomic E-state index is 0.343. The minimum Gasteiger partial charge on any atom is -0.377 e. The number of rotatable bonds is 7. The fraction of sp³-hybridized carbons (Fsp3) is 1.00. The summed E-state index contributed by atoms with van der Waals surface area (Å²) in [5.41, 5.74) is 0.373. The Morgan fingerprint density at radius 1 is 1.14 bits per heavy atom. The zero-order valence-electron chi connectivity index (χ0n) is 10.7. The molecule has 0 aromatic heterocycles. The van der Waals surface area contributed by atoms with Gasteiger partial charge in [-0.05, 0) is 25.2 Å². The molecule has 0 saturated heterocycles. The van der Waals surface area contributed by atoms with E-state index in [-0.39, 0.29) is 0 Å². The van der Waals surface area contributed by atoms with Crippen LogP contribution in [-0.2, 0) is 4.74 Å². The van der Waals surface area contributed by atoms with Gasteiger partial charge in [0.1, 0.15) is 0 Å². The highest BCUT2D eigenvalue weighted by molar-refractivity contribution is 4.74. The van der Waals surface area contributed by atoms with Crippen LogP contribution in [0, 0.1) is 11.3 Å². The Labute approximate surface area is 89.4 Å². The van der Waals surface area contributed by atoms with Gasteiger partial charge < -0.3 is 10.1 Å².